The van der Waals surface area contributed by atoms with Crippen molar-refractivity contribution in [3.63, 3.8) is 0 Å². The Morgan fingerprint density at radius 3 is 2.75 bits per heavy atom. The maximum Gasteiger partial charge on any atom is 0.268 e. The fourth-order valence-electron chi connectivity index (χ4n) is 4.46. The molecule has 2 atom stereocenters. The smallest absolute Gasteiger partial charge is 0.268 e. The molecule has 2 aromatic rings. The number of aromatic nitrogens is 1. The number of carbonyl (C=O) groups excluding carboxylic acids is 2. The van der Waals surface area contributed by atoms with E-state index in [4.69, 9.17) is 11.6 Å². The first kappa shape index (κ1) is 23.5. The summed E-state index contributed by atoms with van der Waals surface area (Å²) in [5, 5.41) is 6.74. The van der Waals surface area contributed by atoms with E-state index in [9.17, 15) is 9.59 Å². The lowest BCUT2D eigenvalue weighted by Gasteiger charge is -2.34. The third-order valence-corrected chi connectivity index (χ3v) is 7.50. The Balaban J connectivity index is 1.44. The van der Waals surface area contributed by atoms with E-state index in [1.165, 1.54) is 0 Å². The first-order valence-electron chi connectivity index (χ1n) is 11.0. The van der Waals surface area contributed by atoms with Crippen molar-refractivity contribution in [1.82, 2.24) is 25.0 Å². The highest BCUT2D eigenvalue weighted by Gasteiger charge is 2.31. The second-order valence-electron chi connectivity index (χ2n) is 8.75. The molecule has 0 unspecified atom stereocenters. The van der Waals surface area contributed by atoms with Gasteiger partial charge in [0, 0.05) is 62.3 Å². The third-order valence-electron chi connectivity index (χ3n) is 6.16. The van der Waals surface area contributed by atoms with Crippen LogP contribution in [0.4, 0.5) is 0 Å². The largest absolute Gasteiger partial charge is 0.352 e. The molecule has 3 heterocycles. The summed E-state index contributed by atoms with van der Waals surface area (Å²) in [6.45, 7) is 7.53. The minimum atomic E-state index is -0.127. The lowest BCUT2D eigenvalue weighted by atomic mass is 10.1. The Morgan fingerprint density at radius 1 is 1.28 bits per heavy atom. The van der Waals surface area contributed by atoms with Crippen LogP contribution in [0.15, 0.2) is 30.3 Å². The number of fused-ring (bicyclic) bond motifs is 1. The molecule has 2 N–H and O–H groups in total. The van der Waals surface area contributed by atoms with Crippen LogP contribution in [0.2, 0.25) is 5.02 Å². The average Bonchev–Trinajstić information content (AvgIpc) is 3.10. The van der Waals surface area contributed by atoms with Gasteiger partial charge in [-0.05, 0) is 60.3 Å². The molecule has 9 heteroatoms. The number of amides is 2. The van der Waals surface area contributed by atoms with E-state index in [1.54, 1.807) is 0 Å². The van der Waals surface area contributed by atoms with Gasteiger partial charge in [0.25, 0.3) is 5.91 Å². The Labute approximate surface area is 207 Å². The second-order valence-corrected chi connectivity index (χ2v) is 10.2. The number of hydrogen-bond donors (Lipinski definition) is 2. The highest BCUT2D eigenvalue weighted by molar-refractivity contribution is 14.1. The highest BCUT2D eigenvalue weighted by atomic mass is 127. The van der Waals surface area contributed by atoms with Crippen LogP contribution < -0.4 is 10.6 Å². The van der Waals surface area contributed by atoms with Gasteiger partial charge >= 0.3 is 0 Å². The summed E-state index contributed by atoms with van der Waals surface area (Å²) in [4.78, 5) is 30.1. The van der Waals surface area contributed by atoms with Gasteiger partial charge in [-0.2, -0.15) is 0 Å². The third kappa shape index (κ3) is 5.30. The molecule has 172 valence electrons. The zero-order chi connectivity index (χ0) is 22.8. The molecule has 2 aliphatic rings. The summed E-state index contributed by atoms with van der Waals surface area (Å²) in [6, 6.07) is 9.45. The number of hydrogen-bond acceptors (Lipinski definition) is 4. The fraction of sp³-hybridized carbons (Fsp3) is 0.478. The van der Waals surface area contributed by atoms with Crippen LogP contribution in [0.5, 0.6) is 0 Å². The summed E-state index contributed by atoms with van der Waals surface area (Å²) >= 11 is 8.45. The van der Waals surface area contributed by atoms with Crippen molar-refractivity contribution >= 4 is 46.0 Å². The molecule has 0 aliphatic carbocycles. The normalized spacial score (nSPS) is 20.5. The Hall–Kier alpha value is -1.62. The zero-order valence-electron chi connectivity index (χ0n) is 18.4. The summed E-state index contributed by atoms with van der Waals surface area (Å²) in [7, 11) is 2.14. The number of benzene rings is 1. The molecule has 0 radical (unpaired) electrons. The SMILES string of the molecule is C[C@@H](CN1CCN(C)CC1)NC(=O)C[C@@H]1CNC(=O)c2cc(-c3cccc(Cl)c3)c(I)n21. The van der Waals surface area contributed by atoms with Gasteiger partial charge in [-0.3, -0.25) is 14.5 Å². The maximum absolute atomic E-state index is 12.9. The molecule has 1 aromatic heterocycles. The van der Waals surface area contributed by atoms with Gasteiger partial charge in [-0.15, -0.1) is 0 Å². The molecule has 2 amide bonds. The Kier molecular flexibility index (Phi) is 7.44. The summed E-state index contributed by atoms with van der Waals surface area (Å²) in [6.07, 6.45) is 0.319. The average molecular weight is 570 g/mol. The van der Waals surface area contributed by atoms with E-state index in [2.05, 4.69) is 57.0 Å². The summed E-state index contributed by atoms with van der Waals surface area (Å²) in [5.41, 5.74) is 2.49. The zero-order valence-corrected chi connectivity index (χ0v) is 21.3. The van der Waals surface area contributed by atoms with Crippen molar-refractivity contribution in [2.45, 2.75) is 25.4 Å². The van der Waals surface area contributed by atoms with Gasteiger partial charge in [0.15, 0.2) is 0 Å². The van der Waals surface area contributed by atoms with Crippen LogP contribution in [0.3, 0.4) is 0 Å². The maximum atomic E-state index is 12.9. The van der Waals surface area contributed by atoms with E-state index < -0.39 is 0 Å². The van der Waals surface area contributed by atoms with Crippen molar-refractivity contribution in [2.24, 2.45) is 0 Å². The Bertz CT molecular complexity index is 1000. The van der Waals surface area contributed by atoms with Crippen LogP contribution in [-0.4, -0.2) is 78.5 Å². The molecule has 0 bridgehead atoms. The number of rotatable bonds is 6. The van der Waals surface area contributed by atoms with Crippen molar-refractivity contribution in [3.05, 3.63) is 44.7 Å². The fourth-order valence-corrected chi connectivity index (χ4v) is 5.77. The number of likely N-dealkylation sites (N-methyl/N-ethyl adjacent to an activating group) is 1. The molecule has 0 spiro atoms. The number of nitrogens with zero attached hydrogens (tertiary/aromatic N) is 3. The van der Waals surface area contributed by atoms with Gasteiger partial charge in [0.05, 0.1) is 9.74 Å². The van der Waals surface area contributed by atoms with Crippen LogP contribution in [0.25, 0.3) is 11.1 Å². The van der Waals surface area contributed by atoms with Crippen LogP contribution in [0.1, 0.15) is 29.9 Å². The topological polar surface area (TPSA) is 69.6 Å². The van der Waals surface area contributed by atoms with E-state index >= 15 is 0 Å². The molecular weight excluding hydrogens is 541 g/mol. The first-order chi connectivity index (χ1) is 15.3. The monoisotopic (exact) mass is 569 g/mol. The van der Waals surface area contributed by atoms with Gasteiger partial charge in [0.2, 0.25) is 5.91 Å². The Morgan fingerprint density at radius 2 is 2.03 bits per heavy atom. The van der Waals surface area contributed by atoms with E-state index in [0.717, 1.165) is 47.6 Å². The molecule has 1 fully saturated rings. The molecule has 0 saturated carbocycles. The molecule has 4 rings (SSSR count). The van der Waals surface area contributed by atoms with Crippen molar-refractivity contribution in [2.75, 3.05) is 46.3 Å². The molecule has 32 heavy (non-hydrogen) atoms. The van der Waals surface area contributed by atoms with E-state index in [-0.39, 0.29) is 23.9 Å². The van der Waals surface area contributed by atoms with E-state index in [0.29, 0.717) is 23.7 Å². The van der Waals surface area contributed by atoms with Crippen LogP contribution >= 0.6 is 34.2 Å². The van der Waals surface area contributed by atoms with Gasteiger partial charge in [-0.25, -0.2) is 0 Å². The second kappa shape index (κ2) is 10.1. The number of carbonyl (C=O) groups is 2. The van der Waals surface area contributed by atoms with Crippen LogP contribution in [0, 0.1) is 3.70 Å². The van der Waals surface area contributed by atoms with Gasteiger partial charge in [-0.1, -0.05) is 23.7 Å². The van der Waals surface area contributed by atoms with Crippen LogP contribution in [-0.2, 0) is 4.79 Å². The van der Waals surface area contributed by atoms with Gasteiger partial charge in [0.1, 0.15) is 5.69 Å². The molecule has 1 saturated heterocycles. The highest BCUT2D eigenvalue weighted by Crippen LogP contribution is 2.34. The quantitative estimate of drug-likeness (QED) is 0.525. The molecule has 7 nitrogen and oxygen atoms in total. The summed E-state index contributed by atoms with van der Waals surface area (Å²) < 4.78 is 2.94. The molecular formula is C23H29ClIN5O2. The number of piperazine rings is 1. The van der Waals surface area contributed by atoms with Crippen molar-refractivity contribution < 1.29 is 9.59 Å². The number of halogens is 2. The van der Waals surface area contributed by atoms with E-state index in [1.807, 2.05) is 34.9 Å². The standard InChI is InChI=1S/C23H29ClIN5O2/c1-15(14-29-8-6-28(2)7-9-29)27-21(31)11-18-13-26-23(32)20-12-19(22(25)30(18)20)16-4-3-5-17(24)10-16/h3-5,10,12,15,18H,6-9,11,13-14H2,1-2H3,(H,26,32)(H,27,31)/t15-,18+/m0/s1. The first-order valence-corrected chi connectivity index (χ1v) is 12.4. The van der Waals surface area contributed by atoms with Crippen molar-refractivity contribution in [3.8, 4) is 11.1 Å². The lowest BCUT2D eigenvalue weighted by Crippen LogP contribution is -2.50. The lowest BCUT2D eigenvalue weighted by molar-refractivity contribution is -0.122. The predicted molar refractivity (Wildman–Crippen MR) is 135 cm³/mol. The molecule has 2 aliphatic heterocycles. The molecule has 1 aromatic carbocycles. The summed E-state index contributed by atoms with van der Waals surface area (Å²) in [5.74, 6) is -0.108. The minimum absolute atomic E-state index is 0.00697. The van der Waals surface area contributed by atoms with Gasteiger partial charge < -0.3 is 20.1 Å². The minimum Gasteiger partial charge on any atom is -0.352 e. The number of nitrogens with one attached hydrogen (secondary N) is 2. The predicted octanol–water partition coefficient (Wildman–Crippen LogP) is 2.84. The van der Waals surface area contributed by atoms with Crippen molar-refractivity contribution in [1.29, 1.82) is 0 Å².